The standard InChI is InChI=1S/C17H19N3O3S/c21-16(12-3-4-13-15(10-12)24-11-18-13)19-5-7-20(8-6-19)17(22)14-2-1-9-23-14/h3-4,10-11,14H,1-2,5-9H2. The van der Waals surface area contributed by atoms with Gasteiger partial charge >= 0.3 is 0 Å². The van der Waals surface area contributed by atoms with Crippen molar-refractivity contribution in [2.24, 2.45) is 0 Å². The van der Waals surface area contributed by atoms with E-state index in [4.69, 9.17) is 4.74 Å². The predicted molar refractivity (Wildman–Crippen MR) is 91.1 cm³/mol. The normalized spacial score (nSPS) is 21.4. The van der Waals surface area contributed by atoms with Gasteiger partial charge in [-0.25, -0.2) is 4.98 Å². The van der Waals surface area contributed by atoms with Crippen LogP contribution in [-0.2, 0) is 9.53 Å². The van der Waals surface area contributed by atoms with Crippen molar-refractivity contribution in [3.8, 4) is 0 Å². The first-order chi connectivity index (χ1) is 11.7. The van der Waals surface area contributed by atoms with Crippen molar-refractivity contribution in [3.63, 3.8) is 0 Å². The topological polar surface area (TPSA) is 62.7 Å². The zero-order valence-electron chi connectivity index (χ0n) is 13.3. The Morgan fingerprint density at radius 1 is 1.17 bits per heavy atom. The average Bonchev–Trinajstić information content (AvgIpc) is 3.31. The number of piperazine rings is 1. The van der Waals surface area contributed by atoms with Gasteiger partial charge in [-0.15, -0.1) is 11.3 Å². The Morgan fingerprint density at radius 3 is 2.71 bits per heavy atom. The van der Waals surface area contributed by atoms with Gasteiger partial charge in [-0.1, -0.05) is 0 Å². The SMILES string of the molecule is O=C(c1ccc2ncsc2c1)N1CCN(C(=O)C2CCCO2)CC1. The smallest absolute Gasteiger partial charge is 0.254 e. The highest BCUT2D eigenvalue weighted by Gasteiger charge is 2.31. The molecular formula is C17H19N3O3S. The van der Waals surface area contributed by atoms with Gasteiger partial charge < -0.3 is 14.5 Å². The molecule has 1 aromatic heterocycles. The summed E-state index contributed by atoms with van der Waals surface area (Å²) in [7, 11) is 0. The molecule has 1 aromatic carbocycles. The van der Waals surface area contributed by atoms with Gasteiger partial charge in [0.25, 0.3) is 11.8 Å². The van der Waals surface area contributed by atoms with E-state index in [-0.39, 0.29) is 17.9 Å². The van der Waals surface area contributed by atoms with E-state index < -0.39 is 0 Å². The number of amides is 2. The number of carbonyl (C=O) groups excluding carboxylic acids is 2. The van der Waals surface area contributed by atoms with Crippen LogP contribution in [0.15, 0.2) is 23.7 Å². The minimum atomic E-state index is -0.277. The maximum absolute atomic E-state index is 12.7. The monoisotopic (exact) mass is 345 g/mol. The number of hydrogen-bond donors (Lipinski definition) is 0. The van der Waals surface area contributed by atoms with E-state index in [1.54, 1.807) is 5.51 Å². The largest absolute Gasteiger partial charge is 0.368 e. The first-order valence-electron chi connectivity index (χ1n) is 8.25. The summed E-state index contributed by atoms with van der Waals surface area (Å²) in [6, 6.07) is 5.61. The summed E-state index contributed by atoms with van der Waals surface area (Å²) in [5.74, 6) is 0.0974. The maximum atomic E-state index is 12.7. The summed E-state index contributed by atoms with van der Waals surface area (Å²) in [5.41, 5.74) is 3.39. The van der Waals surface area contributed by atoms with E-state index >= 15 is 0 Å². The van der Waals surface area contributed by atoms with Crippen LogP contribution in [0.25, 0.3) is 10.2 Å². The fraction of sp³-hybridized carbons (Fsp3) is 0.471. The Labute approximate surface area is 144 Å². The molecule has 2 saturated heterocycles. The fourth-order valence-electron chi connectivity index (χ4n) is 3.28. The summed E-state index contributed by atoms with van der Waals surface area (Å²) >= 11 is 1.54. The number of aromatic nitrogens is 1. The summed E-state index contributed by atoms with van der Waals surface area (Å²) in [6.07, 6.45) is 1.49. The molecule has 2 aliphatic rings. The molecule has 0 saturated carbocycles. The van der Waals surface area contributed by atoms with Crippen LogP contribution in [0.1, 0.15) is 23.2 Å². The van der Waals surface area contributed by atoms with Crippen molar-refractivity contribution in [2.45, 2.75) is 18.9 Å². The second-order valence-corrected chi connectivity index (χ2v) is 7.04. The fourth-order valence-corrected chi connectivity index (χ4v) is 3.99. The first-order valence-corrected chi connectivity index (χ1v) is 9.13. The third-order valence-electron chi connectivity index (χ3n) is 4.66. The summed E-state index contributed by atoms with van der Waals surface area (Å²) in [4.78, 5) is 32.9. The van der Waals surface area contributed by atoms with Crippen molar-refractivity contribution in [1.29, 1.82) is 0 Å². The van der Waals surface area contributed by atoms with E-state index in [2.05, 4.69) is 4.98 Å². The van der Waals surface area contributed by atoms with Crippen molar-refractivity contribution in [2.75, 3.05) is 32.8 Å². The summed E-state index contributed by atoms with van der Waals surface area (Å²) in [6.45, 7) is 2.96. The second kappa shape index (κ2) is 6.49. The van der Waals surface area contributed by atoms with Gasteiger partial charge in [-0.3, -0.25) is 9.59 Å². The molecule has 2 aliphatic heterocycles. The number of nitrogens with zero attached hydrogens (tertiary/aromatic N) is 3. The molecule has 24 heavy (non-hydrogen) atoms. The highest BCUT2D eigenvalue weighted by molar-refractivity contribution is 7.16. The number of hydrogen-bond acceptors (Lipinski definition) is 5. The van der Waals surface area contributed by atoms with Crippen molar-refractivity contribution in [3.05, 3.63) is 29.3 Å². The Kier molecular flexibility index (Phi) is 4.20. The van der Waals surface area contributed by atoms with Crippen LogP contribution in [0.5, 0.6) is 0 Å². The molecule has 1 atom stereocenters. The second-order valence-electron chi connectivity index (χ2n) is 6.15. The lowest BCUT2D eigenvalue weighted by atomic mass is 10.1. The lowest BCUT2D eigenvalue weighted by Crippen LogP contribution is -2.52. The summed E-state index contributed by atoms with van der Waals surface area (Å²) in [5, 5.41) is 0. The molecule has 0 radical (unpaired) electrons. The van der Waals surface area contributed by atoms with Gasteiger partial charge in [0.1, 0.15) is 6.10 Å². The quantitative estimate of drug-likeness (QED) is 0.832. The molecule has 0 N–H and O–H groups in total. The number of rotatable bonds is 2. The molecule has 1 unspecified atom stereocenters. The maximum Gasteiger partial charge on any atom is 0.254 e. The van der Waals surface area contributed by atoms with Gasteiger partial charge in [0.2, 0.25) is 0 Å². The van der Waals surface area contributed by atoms with E-state index in [0.717, 1.165) is 23.1 Å². The van der Waals surface area contributed by atoms with Gasteiger partial charge in [0, 0.05) is 38.3 Å². The van der Waals surface area contributed by atoms with Crippen LogP contribution in [0.2, 0.25) is 0 Å². The third-order valence-corrected chi connectivity index (χ3v) is 5.45. The van der Waals surface area contributed by atoms with E-state index in [1.807, 2.05) is 28.0 Å². The highest BCUT2D eigenvalue weighted by atomic mass is 32.1. The molecule has 126 valence electrons. The lowest BCUT2D eigenvalue weighted by molar-refractivity contribution is -0.142. The third kappa shape index (κ3) is 2.89. The molecule has 0 aliphatic carbocycles. The van der Waals surface area contributed by atoms with Crippen LogP contribution in [0, 0.1) is 0 Å². The lowest BCUT2D eigenvalue weighted by Gasteiger charge is -2.35. The Bertz CT molecular complexity index is 761. The van der Waals surface area contributed by atoms with Crippen LogP contribution in [-0.4, -0.2) is 65.5 Å². The molecule has 2 aromatic rings. The van der Waals surface area contributed by atoms with E-state index in [0.29, 0.717) is 38.3 Å². The van der Waals surface area contributed by atoms with Crippen LogP contribution >= 0.6 is 11.3 Å². The predicted octanol–water partition coefficient (Wildman–Crippen LogP) is 1.76. The minimum Gasteiger partial charge on any atom is -0.368 e. The molecule has 0 spiro atoms. The zero-order chi connectivity index (χ0) is 16.5. The van der Waals surface area contributed by atoms with Crippen molar-refractivity contribution in [1.82, 2.24) is 14.8 Å². The summed E-state index contributed by atoms with van der Waals surface area (Å²) < 4.78 is 6.49. The Balaban J connectivity index is 1.39. The number of benzene rings is 1. The van der Waals surface area contributed by atoms with E-state index in [9.17, 15) is 9.59 Å². The molecule has 2 fully saturated rings. The van der Waals surface area contributed by atoms with Gasteiger partial charge in [-0.2, -0.15) is 0 Å². The van der Waals surface area contributed by atoms with Crippen LogP contribution < -0.4 is 0 Å². The van der Waals surface area contributed by atoms with E-state index in [1.165, 1.54) is 11.3 Å². The molecule has 3 heterocycles. The minimum absolute atomic E-state index is 0.0227. The first kappa shape index (κ1) is 15.5. The van der Waals surface area contributed by atoms with Crippen molar-refractivity contribution < 1.29 is 14.3 Å². The zero-order valence-corrected chi connectivity index (χ0v) is 14.1. The van der Waals surface area contributed by atoms with Crippen LogP contribution in [0.4, 0.5) is 0 Å². The Hall–Kier alpha value is -1.99. The number of thiazole rings is 1. The van der Waals surface area contributed by atoms with Crippen LogP contribution in [0.3, 0.4) is 0 Å². The molecule has 4 rings (SSSR count). The number of fused-ring (bicyclic) bond motifs is 1. The Morgan fingerprint density at radius 2 is 1.96 bits per heavy atom. The average molecular weight is 345 g/mol. The van der Waals surface area contributed by atoms with Gasteiger partial charge in [0.15, 0.2) is 0 Å². The number of ether oxygens (including phenoxy) is 1. The highest BCUT2D eigenvalue weighted by Crippen LogP contribution is 2.21. The van der Waals surface area contributed by atoms with Gasteiger partial charge in [-0.05, 0) is 31.0 Å². The van der Waals surface area contributed by atoms with Gasteiger partial charge in [0.05, 0.1) is 15.7 Å². The molecule has 6 nitrogen and oxygen atoms in total. The van der Waals surface area contributed by atoms with Crippen molar-refractivity contribution >= 4 is 33.4 Å². The molecular weight excluding hydrogens is 326 g/mol. The molecule has 0 bridgehead atoms. The number of carbonyl (C=O) groups is 2. The molecule has 2 amide bonds. The molecule has 7 heteroatoms.